The minimum atomic E-state index is -0.346. The van der Waals surface area contributed by atoms with Crippen molar-refractivity contribution < 1.29 is 9.31 Å². The third-order valence-electron chi connectivity index (χ3n) is 7.46. The van der Waals surface area contributed by atoms with Gasteiger partial charge in [0.05, 0.1) is 4.92 Å². The number of rotatable bonds is 7. The van der Waals surface area contributed by atoms with Gasteiger partial charge in [-0.2, -0.15) is 11.3 Å². The lowest BCUT2D eigenvalue weighted by Crippen LogP contribution is -2.38. The van der Waals surface area contributed by atoms with Crippen LogP contribution in [-0.2, 0) is 6.54 Å². The van der Waals surface area contributed by atoms with Crippen molar-refractivity contribution in [1.29, 1.82) is 0 Å². The summed E-state index contributed by atoms with van der Waals surface area (Å²) in [6, 6.07) is 16.3. The molecule has 0 radical (unpaired) electrons. The van der Waals surface area contributed by atoms with E-state index >= 15 is 0 Å². The second-order valence-electron chi connectivity index (χ2n) is 9.67. The average molecular weight is 480 g/mol. The molecule has 0 spiro atoms. The number of piperidine rings is 1. The molecule has 5 nitrogen and oxygen atoms in total. The number of hydrogen-bond donors (Lipinski definition) is 0. The molecule has 34 heavy (non-hydrogen) atoms. The zero-order valence-corrected chi connectivity index (χ0v) is 20.0. The lowest BCUT2D eigenvalue weighted by Gasteiger charge is -2.34. The first-order valence-electron chi connectivity index (χ1n) is 12.0. The Morgan fingerprint density at radius 1 is 0.941 bits per heavy atom. The summed E-state index contributed by atoms with van der Waals surface area (Å²) in [5.41, 5.74) is 3.95. The van der Waals surface area contributed by atoms with Gasteiger partial charge in [0.1, 0.15) is 5.82 Å². The number of nitro benzene ring substituents is 1. The van der Waals surface area contributed by atoms with E-state index < -0.39 is 0 Å². The average Bonchev–Trinajstić information content (AvgIpc) is 3.51. The van der Waals surface area contributed by atoms with Crippen LogP contribution >= 0.6 is 11.3 Å². The molecule has 7 heteroatoms. The summed E-state index contributed by atoms with van der Waals surface area (Å²) in [6.45, 7) is 6.13. The molecule has 0 saturated carbocycles. The molecule has 5 rings (SSSR count). The van der Waals surface area contributed by atoms with Gasteiger partial charge in [0.25, 0.3) is 5.69 Å². The van der Waals surface area contributed by atoms with Crippen LogP contribution in [-0.4, -0.2) is 47.4 Å². The Hall–Kier alpha value is -2.61. The highest BCUT2D eigenvalue weighted by Crippen LogP contribution is 2.36. The molecule has 0 aliphatic carbocycles. The Balaban J connectivity index is 1.21. The van der Waals surface area contributed by atoms with Gasteiger partial charge in [0, 0.05) is 44.2 Å². The van der Waals surface area contributed by atoms with Crippen molar-refractivity contribution in [2.24, 2.45) is 5.92 Å². The summed E-state index contributed by atoms with van der Waals surface area (Å²) >= 11 is 1.76. The number of non-ortho nitro benzene ring substituents is 1. The zero-order valence-electron chi connectivity index (χ0n) is 19.2. The predicted octanol–water partition coefficient (Wildman–Crippen LogP) is 5.89. The minimum absolute atomic E-state index is 0.142. The van der Waals surface area contributed by atoms with Crippen LogP contribution in [0.5, 0.6) is 0 Å². The highest BCUT2D eigenvalue weighted by Gasteiger charge is 2.35. The first-order chi connectivity index (χ1) is 16.5. The Kier molecular flexibility index (Phi) is 7.04. The predicted molar refractivity (Wildman–Crippen MR) is 134 cm³/mol. The van der Waals surface area contributed by atoms with Crippen LogP contribution in [0.15, 0.2) is 65.4 Å². The van der Waals surface area contributed by atoms with E-state index in [2.05, 4.69) is 26.6 Å². The second kappa shape index (κ2) is 10.3. The van der Waals surface area contributed by atoms with E-state index in [0.29, 0.717) is 17.8 Å². The third kappa shape index (κ3) is 5.37. The van der Waals surface area contributed by atoms with Crippen molar-refractivity contribution in [1.82, 2.24) is 9.80 Å². The maximum Gasteiger partial charge on any atom is 0.269 e. The molecule has 2 fully saturated rings. The molecule has 0 N–H and O–H groups in total. The second-order valence-corrected chi connectivity index (χ2v) is 10.4. The monoisotopic (exact) mass is 479 g/mol. The maximum absolute atomic E-state index is 13.3. The van der Waals surface area contributed by atoms with Crippen molar-refractivity contribution >= 4 is 17.0 Å². The molecular weight excluding hydrogens is 449 g/mol. The van der Waals surface area contributed by atoms with E-state index in [-0.39, 0.29) is 16.4 Å². The quantitative estimate of drug-likeness (QED) is 0.313. The molecule has 0 bridgehead atoms. The van der Waals surface area contributed by atoms with Crippen molar-refractivity contribution in [3.8, 4) is 0 Å². The summed E-state index contributed by atoms with van der Waals surface area (Å²) in [7, 11) is 0. The van der Waals surface area contributed by atoms with Crippen LogP contribution in [0, 0.1) is 21.8 Å². The van der Waals surface area contributed by atoms with E-state index in [1.54, 1.807) is 35.6 Å². The molecule has 2 aliphatic rings. The first-order valence-corrected chi connectivity index (χ1v) is 12.9. The van der Waals surface area contributed by atoms with Gasteiger partial charge < -0.3 is 4.90 Å². The molecule has 3 heterocycles. The fraction of sp³-hybridized carbons (Fsp3) is 0.407. The SMILES string of the molecule is O=[N+]([O-])c1ccc(CN2CC(CN3CCC(c4ccc(F)cc4)CC3)C(c3ccsc3)C2)cc1. The highest BCUT2D eigenvalue weighted by atomic mass is 32.1. The van der Waals surface area contributed by atoms with E-state index in [1.807, 2.05) is 24.3 Å². The van der Waals surface area contributed by atoms with Crippen molar-refractivity contribution in [2.75, 3.05) is 32.7 Å². The van der Waals surface area contributed by atoms with Crippen LogP contribution in [0.3, 0.4) is 0 Å². The fourth-order valence-electron chi connectivity index (χ4n) is 5.64. The number of likely N-dealkylation sites (tertiary alicyclic amines) is 2. The molecule has 2 saturated heterocycles. The van der Waals surface area contributed by atoms with Crippen molar-refractivity contribution in [2.45, 2.75) is 31.2 Å². The molecule has 2 atom stereocenters. The van der Waals surface area contributed by atoms with Crippen LogP contribution < -0.4 is 0 Å². The largest absolute Gasteiger partial charge is 0.303 e. The number of benzene rings is 2. The molecule has 0 amide bonds. The number of halogens is 1. The number of nitro groups is 1. The van der Waals surface area contributed by atoms with Crippen molar-refractivity contribution in [3.63, 3.8) is 0 Å². The molecule has 2 unspecified atom stereocenters. The standard InChI is InChI=1S/C27H30FN3O2S/c28-25-5-3-21(4-6-25)22-9-12-29(13-10-22)16-24-17-30(18-27(24)23-11-14-34-19-23)15-20-1-7-26(8-2-20)31(32)33/h1-8,11,14,19,22,24,27H,9-10,12-13,15-18H2. The van der Waals surface area contributed by atoms with E-state index in [9.17, 15) is 14.5 Å². The van der Waals surface area contributed by atoms with E-state index in [1.165, 1.54) is 11.1 Å². The van der Waals surface area contributed by atoms with Gasteiger partial charge in [-0.05, 0) is 83.4 Å². The van der Waals surface area contributed by atoms with Crippen molar-refractivity contribution in [3.05, 3.63) is 98.0 Å². The fourth-order valence-corrected chi connectivity index (χ4v) is 6.36. The van der Waals surface area contributed by atoms with Gasteiger partial charge in [0.15, 0.2) is 0 Å². The van der Waals surface area contributed by atoms with Crippen LogP contribution in [0.4, 0.5) is 10.1 Å². The number of thiophene rings is 1. The highest BCUT2D eigenvalue weighted by molar-refractivity contribution is 7.08. The Morgan fingerprint density at radius 2 is 1.68 bits per heavy atom. The lowest BCUT2D eigenvalue weighted by molar-refractivity contribution is -0.384. The molecule has 178 valence electrons. The summed E-state index contributed by atoms with van der Waals surface area (Å²) in [5, 5.41) is 15.4. The van der Waals surface area contributed by atoms with E-state index in [4.69, 9.17) is 0 Å². The number of nitrogens with zero attached hydrogens (tertiary/aromatic N) is 3. The zero-order chi connectivity index (χ0) is 23.5. The van der Waals surface area contributed by atoms with Crippen LogP contribution in [0.2, 0.25) is 0 Å². The molecule has 2 aromatic carbocycles. The van der Waals surface area contributed by atoms with E-state index in [0.717, 1.165) is 57.7 Å². The smallest absolute Gasteiger partial charge is 0.269 e. The summed E-state index contributed by atoms with van der Waals surface area (Å²) in [4.78, 5) is 15.7. The Bertz CT molecular complexity index is 1080. The summed E-state index contributed by atoms with van der Waals surface area (Å²) in [5.74, 6) is 1.43. The lowest BCUT2D eigenvalue weighted by atomic mass is 9.87. The van der Waals surface area contributed by atoms with Gasteiger partial charge in [-0.15, -0.1) is 0 Å². The summed E-state index contributed by atoms with van der Waals surface area (Å²) in [6.07, 6.45) is 2.24. The minimum Gasteiger partial charge on any atom is -0.303 e. The van der Waals surface area contributed by atoms with Gasteiger partial charge in [0.2, 0.25) is 0 Å². The normalized spacial score (nSPS) is 22.3. The first kappa shape index (κ1) is 23.1. The Labute approximate surface area is 204 Å². The van der Waals surface area contributed by atoms with Gasteiger partial charge in [-0.1, -0.05) is 24.3 Å². The molecule has 3 aromatic rings. The van der Waals surface area contributed by atoms with Gasteiger partial charge in [-0.25, -0.2) is 4.39 Å². The van der Waals surface area contributed by atoms with Crippen LogP contribution in [0.25, 0.3) is 0 Å². The topological polar surface area (TPSA) is 49.6 Å². The third-order valence-corrected chi connectivity index (χ3v) is 8.16. The maximum atomic E-state index is 13.3. The molecular formula is C27H30FN3O2S. The Morgan fingerprint density at radius 3 is 2.32 bits per heavy atom. The van der Waals surface area contributed by atoms with Gasteiger partial charge in [-0.3, -0.25) is 15.0 Å². The molecule has 2 aliphatic heterocycles. The number of hydrogen-bond acceptors (Lipinski definition) is 5. The molecule has 1 aromatic heterocycles. The summed E-state index contributed by atoms with van der Waals surface area (Å²) < 4.78 is 13.3. The van der Waals surface area contributed by atoms with Crippen LogP contribution in [0.1, 0.15) is 41.4 Å². The van der Waals surface area contributed by atoms with Gasteiger partial charge >= 0.3 is 0 Å².